The number of carbonyl (C=O) groups excluding carboxylic acids is 1. The Bertz CT molecular complexity index is 1320. The Hall–Kier alpha value is -3.63. The minimum Gasteiger partial charge on any atom is -0.506 e. The maximum atomic E-state index is 12.8. The molecule has 32 heavy (non-hydrogen) atoms. The van der Waals surface area contributed by atoms with Gasteiger partial charge in [-0.25, -0.2) is 13.2 Å². The molecule has 0 unspecified atom stereocenters. The number of hydrogen-bond donors (Lipinski definition) is 3. The highest BCUT2D eigenvalue weighted by atomic mass is 32.2. The number of aromatic carboxylic acids is 1. The molecule has 1 fully saturated rings. The van der Waals surface area contributed by atoms with Gasteiger partial charge in [-0.2, -0.15) is 0 Å². The normalized spacial score (nSPS) is 14.3. The molecule has 0 radical (unpaired) electrons. The van der Waals surface area contributed by atoms with Gasteiger partial charge in [0.1, 0.15) is 5.75 Å². The molecule has 3 aromatic carbocycles. The van der Waals surface area contributed by atoms with Crippen molar-refractivity contribution in [1.29, 1.82) is 0 Å². The highest BCUT2D eigenvalue weighted by Crippen LogP contribution is 2.34. The summed E-state index contributed by atoms with van der Waals surface area (Å²) in [6.07, 6.45) is 0. The zero-order valence-electron chi connectivity index (χ0n) is 16.8. The predicted molar refractivity (Wildman–Crippen MR) is 117 cm³/mol. The van der Waals surface area contributed by atoms with Gasteiger partial charge in [-0.05, 0) is 30.3 Å². The third-order valence-corrected chi connectivity index (χ3v) is 6.56. The van der Waals surface area contributed by atoms with Crippen molar-refractivity contribution in [2.75, 3.05) is 31.0 Å². The van der Waals surface area contributed by atoms with Gasteiger partial charge in [0.05, 0.1) is 34.9 Å². The summed E-state index contributed by atoms with van der Waals surface area (Å²) in [6, 6.07) is 12.7. The van der Waals surface area contributed by atoms with Crippen LogP contribution in [-0.4, -0.2) is 61.7 Å². The number of benzene rings is 3. The number of carboxylic acid groups (broad SMARTS) is 1. The van der Waals surface area contributed by atoms with E-state index in [1.807, 2.05) is 0 Å². The summed E-state index contributed by atoms with van der Waals surface area (Å²) in [5.41, 5.74) is 0.146. The minimum absolute atomic E-state index is 0.119. The van der Waals surface area contributed by atoms with Crippen LogP contribution in [0.2, 0.25) is 0 Å². The number of sulfonamides is 1. The van der Waals surface area contributed by atoms with E-state index in [0.717, 1.165) is 6.07 Å². The van der Waals surface area contributed by atoms with Crippen molar-refractivity contribution in [2.24, 2.45) is 0 Å². The average molecular weight is 456 g/mol. The maximum absolute atomic E-state index is 12.8. The number of morpholine rings is 1. The molecule has 4 rings (SSSR count). The lowest BCUT2D eigenvalue weighted by atomic mass is 10.0. The van der Waals surface area contributed by atoms with Gasteiger partial charge in [0, 0.05) is 23.9 Å². The van der Waals surface area contributed by atoms with Gasteiger partial charge >= 0.3 is 5.97 Å². The lowest BCUT2D eigenvalue weighted by Gasteiger charge is -2.27. The largest absolute Gasteiger partial charge is 0.506 e. The third-order valence-electron chi connectivity index (χ3n) is 5.20. The fourth-order valence-corrected chi connectivity index (χ4v) is 4.67. The molecule has 0 saturated carbocycles. The van der Waals surface area contributed by atoms with Gasteiger partial charge in [-0.1, -0.05) is 24.3 Å². The Morgan fingerprint density at radius 3 is 2.41 bits per heavy atom. The smallest absolute Gasteiger partial charge is 0.335 e. The van der Waals surface area contributed by atoms with Crippen LogP contribution in [-0.2, 0) is 14.8 Å². The van der Waals surface area contributed by atoms with E-state index in [-0.39, 0.29) is 33.4 Å². The molecule has 0 spiro atoms. The summed E-state index contributed by atoms with van der Waals surface area (Å²) >= 11 is 0. The molecule has 166 valence electrons. The molecule has 1 aliphatic rings. The van der Waals surface area contributed by atoms with Crippen LogP contribution >= 0.6 is 0 Å². The molecule has 1 amide bonds. The van der Waals surface area contributed by atoms with Crippen molar-refractivity contribution in [2.45, 2.75) is 4.90 Å². The molecule has 1 heterocycles. The van der Waals surface area contributed by atoms with Crippen LogP contribution < -0.4 is 4.72 Å². The highest BCUT2D eigenvalue weighted by molar-refractivity contribution is 7.92. The van der Waals surface area contributed by atoms with Crippen molar-refractivity contribution in [3.8, 4) is 5.75 Å². The van der Waals surface area contributed by atoms with Crippen molar-refractivity contribution in [3.05, 3.63) is 65.7 Å². The van der Waals surface area contributed by atoms with E-state index in [2.05, 4.69) is 4.72 Å². The number of carboxylic acids is 1. The average Bonchev–Trinajstić information content (AvgIpc) is 2.80. The van der Waals surface area contributed by atoms with Crippen LogP contribution in [0.25, 0.3) is 10.8 Å². The molecule has 10 heteroatoms. The molecular formula is C22H20N2O7S. The van der Waals surface area contributed by atoms with E-state index < -0.39 is 16.0 Å². The molecular weight excluding hydrogens is 436 g/mol. The van der Waals surface area contributed by atoms with E-state index in [9.17, 15) is 23.1 Å². The standard InChI is InChI=1S/C22H20N2O7S/c25-20-17-5-2-6-19(23-32(29,30)15-4-1-3-14(13-15)22(27)28)16(17)7-8-18(20)21(26)24-9-11-31-12-10-24/h1-8,13,23,25H,9-12H2,(H,27,28). The first-order chi connectivity index (χ1) is 15.3. The Morgan fingerprint density at radius 1 is 0.969 bits per heavy atom. The van der Waals surface area contributed by atoms with Crippen LogP contribution in [0, 0.1) is 0 Å². The van der Waals surface area contributed by atoms with Gasteiger partial charge < -0.3 is 19.8 Å². The molecule has 1 aliphatic heterocycles. The quantitative estimate of drug-likeness (QED) is 0.537. The number of rotatable bonds is 5. The zero-order valence-corrected chi connectivity index (χ0v) is 17.6. The number of anilines is 1. The number of carbonyl (C=O) groups is 2. The summed E-state index contributed by atoms with van der Waals surface area (Å²) in [5.74, 6) is -1.81. The fourth-order valence-electron chi connectivity index (χ4n) is 3.54. The zero-order chi connectivity index (χ0) is 22.9. The monoisotopic (exact) mass is 456 g/mol. The Morgan fingerprint density at radius 2 is 1.69 bits per heavy atom. The molecule has 3 aromatic rings. The van der Waals surface area contributed by atoms with Crippen molar-refractivity contribution in [1.82, 2.24) is 4.90 Å². The molecule has 0 bridgehead atoms. The second-order valence-corrected chi connectivity index (χ2v) is 8.89. The number of phenolic OH excluding ortho intramolecular Hbond substituents is 1. The number of nitrogens with zero attached hydrogens (tertiary/aromatic N) is 1. The van der Waals surface area contributed by atoms with E-state index in [0.29, 0.717) is 37.1 Å². The van der Waals surface area contributed by atoms with E-state index in [1.165, 1.54) is 30.3 Å². The molecule has 0 aliphatic carbocycles. The number of amides is 1. The SMILES string of the molecule is O=C(O)c1cccc(S(=O)(=O)Nc2cccc3c(O)c(C(=O)N4CCOCC4)ccc23)c1. The summed E-state index contributed by atoms with van der Waals surface area (Å²) in [7, 11) is -4.10. The lowest BCUT2D eigenvalue weighted by molar-refractivity contribution is 0.0301. The first-order valence-corrected chi connectivity index (χ1v) is 11.2. The van der Waals surface area contributed by atoms with Gasteiger partial charge in [0.2, 0.25) is 0 Å². The first-order valence-electron chi connectivity index (χ1n) is 9.76. The Labute approximate surface area is 183 Å². The summed E-state index contributed by atoms with van der Waals surface area (Å²) in [5, 5.41) is 20.6. The van der Waals surface area contributed by atoms with E-state index in [1.54, 1.807) is 23.1 Å². The van der Waals surface area contributed by atoms with Crippen molar-refractivity contribution < 1.29 is 33.0 Å². The van der Waals surface area contributed by atoms with Crippen molar-refractivity contribution >= 4 is 38.4 Å². The summed E-state index contributed by atoms with van der Waals surface area (Å²) in [4.78, 5) is 25.4. The van der Waals surface area contributed by atoms with Gasteiger partial charge in [-0.15, -0.1) is 0 Å². The van der Waals surface area contributed by atoms with Crippen LogP contribution in [0.3, 0.4) is 0 Å². The molecule has 1 saturated heterocycles. The van der Waals surface area contributed by atoms with Gasteiger partial charge in [0.25, 0.3) is 15.9 Å². The van der Waals surface area contributed by atoms with Crippen LogP contribution in [0.5, 0.6) is 5.75 Å². The number of phenols is 1. The maximum Gasteiger partial charge on any atom is 0.335 e. The number of ether oxygens (including phenoxy) is 1. The minimum atomic E-state index is -4.10. The number of hydrogen-bond acceptors (Lipinski definition) is 6. The number of aromatic hydroxyl groups is 1. The highest BCUT2D eigenvalue weighted by Gasteiger charge is 2.23. The Balaban J connectivity index is 1.70. The fraction of sp³-hybridized carbons (Fsp3) is 0.182. The van der Waals surface area contributed by atoms with E-state index >= 15 is 0 Å². The number of nitrogens with one attached hydrogen (secondary N) is 1. The van der Waals surface area contributed by atoms with Crippen molar-refractivity contribution in [3.63, 3.8) is 0 Å². The number of fused-ring (bicyclic) bond motifs is 1. The van der Waals surface area contributed by atoms with Crippen LogP contribution in [0.4, 0.5) is 5.69 Å². The van der Waals surface area contributed by atoms with Crippen LogP contribution in [0.1, 0.15) is 20.7 Å². The third kappa shape index (κ3) is 4.10. The molecule has 0 atom stereocenters. The second kappa shape index (κ2) is 8.48. The molecule has 9 nitrogen and oxygen atoms in total. The van der Waals surface area contributed by atoms with Crippen LogP contribution in [0.15, 0.2) is 59.5 Å². The first kappa shape index (κ1) is 21.6. The van der Waals surface area contributed by atoms with E-state index in [4.69, 9.17) is 9.84 Å². The van der Waals surface area contributed by atoms with Gasteiger partial charge in [-0.3, -0.25) is 9.52 Å². The van der Waals surface area contributed by atoms with Gasteiger partial charge in [0.15, 0.2) is 0 Å². The lowest BCUT2D eigenvalue weighted by Crippen LogP contribution is -2.40. The summed E-state index contributed by atoms with van der Waals surface area (Å²) < 4.78 is 33.4. The predicted octanol–water partition coefficient (Wildman–Crippen LogP) is 2.52. The second-order valence-electron chi connectivity index (χ2n) is 7.21. The molecule has 0 aromatic heterocycles. The molecule has 3 N–H and O–H groups in total. The Kier molecular flexibility index (Phi) is 5.72. The topological polar surface area (TPSA) is 133 Å². The summed E-state index contributed by atoms with van der Waals surface area (Å²) in [6.45, 7) is 1.70.